The minimum Gasteiger partial charge on any atom is -0.381 e. The van der Waals surface area contributed by atoms with Crippen molar-refractivity contribution in [1.29, 1.82) is 0 Å². The van der Waals surface area contributed by atoms with Crippen LogP contribution in [0.5, 0.6) is 0 Å². The number of imidazole rings is 2. The van der Waals surface area contributed by atoms with Crippen LogP contribution in [0.15, 0.2) is 55.0 Å². The van der Waals surface area contributed by atoms with Crippen LogP contribution in [-0.2, 0) is 7.05 Å². The molecule has 172 valence electrons. The minimum atomic E-state index is -2.70. The molecule has 0 radical (unpaired) electrons. The molecule has 34 heavy (non-hydrogen) atoms. The summed E-state index contributed by atoms with van der Waals surface area (Å²) in [5.41, 5.74) is 10.2. The van der Waals surface area contributed by atoms with E-state index in [1.165, 1.54) is 18.3 Å². The van der Waals surface area contributed by atoms with Crippen molar-refractivity contribution in [1.82, 2.24) is 29.2 Å². The fraction of sp³-hybridized carbons (Fsp3) is 0.130. The van der Waals surface area contributed by atoms with E-state index in [2.05, 4.69) is 20.3 Å². The topological polar surface area (TPSA) is 103 Å². The Morgan fingerprint density at radius 1 is 1.12 bits per heavy atom. The van der Waals surface area contributed by atoms with Crippen molar-refractivity contribution in [3.8, 4) is 22.5 Å². The molecule has 0 saturated carbocycles. The number of carbonyl (C=O) groups excluding carboxylic acids is 1. The molecule has 3 aromatic heterocycles. The summed E-state index contributed by atoms with van der Waals surface area (Å²) in [6, 6.07) is 11.3. The fourth-order valence-electron chi connectivity index (χ4n) is 3.80. The fourth-order valence-corrected chi connectivity index (χ4v) is 3.80. The molecule has 5 rings (SSSR count). The molecule has 5 aromatic rings. The van der Waals surface area contributed by atoms with E-state index < -0.39 is 24.7 Å². The third-order valence-corrected chi connectivity index (χ3v) is 5.40. The van der Waals surface area contributed by atoms with Gasteiger partial charge in [-0.25, -0.2) is 28.1 Å². The summed E-state index contributed by atoms with van der Waals surface area (Å²) in [6.45, 7) is -0.800. The highest BCUT2D eigenvalue weighted by molar-refractivity contribution is 5.95. The van der Waals surface area contributed by atoms with Gasteiger partial charge >= 0.3 is 0 Å². The summed E-state index contributed by atoms with van der Waals surface area (Å²) in [6.07, 6.45) is 0.415. The predicted octanol–water partition coefficient (Wildman–Crippen LogP) is 3.67. The SMILES string of the molecule is Cn1cnc2ccc(-c3c(-c4ccc(F)cc4)nc(N)c4nc(C(=O)NCC(F)F)cn34)cc21. The number of amides is 1. The van der Waals surface area contributed by atoms with Gasteiger partial charge in [-0.05, 0) is 36.4 Å². The molecule has 0 saturated heterocycles. The quantitative estimate of drug-likeness (QED) is 0.412. The van der Waals surface area contributed by atoms with Crippen LogP contribution in [0, 0.1) is 5.82 Å². The summed E-state index contributed by atoms with van der Waals surface area (Å²) >= 11 is 0. The van der Waals surface area contributed by atoms with E-state index >= 15 is 0 Å². The van der Waals surface area contributed by atoms with Gasteiger partial charge in [-0.1, -0.05) is 6.07 Å². The van der Waals surface area contributed by atoms with Crippen molar-refractivity contribution in [2.24, 2.45) is 7.05 Å². The first kappa shape index (κ1) is 21.4. The van der Waals surface area contributed by atoms with E-state index in [0.29, 0.717) is 22.5 Å². The molecule has 11 heteroatoms. The van der Waals surface area contributed by atoms with Gasteiger partial charge in [-0.2, -0.15) is 0 Å². The number of aryl methyl sites for hydroxylation is 1. The van der Waals surface area contributed by atoms with Gasteiger partial charge in [0.1, 0.15) is 11.5 Å². The molecule has 0 fully saturated rings. The van der Waals surface area contributed by atoms with Crippen LogP contribution in [0.1, 0.15) is 10.5 Å². The van der Waals surface area contributed by atoms with Gasteiger partial charge in [-0.3, -0.25) is 9.20 Å². The van der Waals surface area contributed by atoms with Crippen LogP contribution < -0.4 is 11.1 Å². The number of hydrogen-bond acceptors (Lipinski definition) is 5. The van der Waals surface area contributed by atoms with Gasteiger partial charge in [0.05, 0.1) is 35.3 Å². The third kappa shape index (κ3) is 3.70. The number of benzene rings is 2. The van der Waals surface area contributed by atoms with E-state index in [-0.39, 0.29) is 17.2 Å². The number of anilines is 1. The number of nitrogens with one attached hydrogen (secondary N) is 1. The maximum atomic E-state index is 13.6. The molecule has 0 aliphatic heterocycles. The Labute approximate surface area is 190 Å². The second-order valence-corrected chi connectivity index (χ2v) is 7.68. The number of nitrogens with zero attached hydrogens (tertiary/aromatic N) is 5. The number of hydrogen-bond donors (Lipinski definition) is 2. The summed E-state index contributed by atoms with van der Waals surface area (Å²) in [5.74, 6) is -1.14. The zero-order chi connectivity index (χ0) is 24.0. The summed E-state index contributed by atoms with van der Waals surface area (Å²) in [4.78, 5) is 25.5. The van der Waals surface area contributed by atoms with E-state index in [0.717, 1.165) is 11.0 Å². The molecule has 8 nitrogen and oxygen atoms in total. The molecule has 0 bridgehead atoms. The zero-order valence-corrected chi connectivity index (χ0v) is 17.8. The molecule has 0 atom stereocenters. The molecular weight excluding hydrogens is 447 g/mol. The van der Waals surface area contributed by atoms with Gasteiger partial charge in [0.2, 0.25) is 0 Å². The molecule has 2 aromatic carbocycles. The number of alkyl halides is 2. The first-order chi connectivity index (χ1) is 16.3. The van der Waals surface area contributed by atoms with Gasteiger partial charge < -0.3 is 15.6 Å². The van der Waals surface area contributed by atoms with Crippen molar-refractivity contribution in [3.63, 3.8) is 0 Å². The van der Waals surface area contributed by atoms with Crippen LogP contribution in [0.2, 0.25) is 0 Å². The molecular formula is C23H18F3N7O. The standard InChI is InChI=1S/C23H18F3N7O/c1-32-11-29-15-7-4-13(8-17(15)32)20-19(12-2-5-14(24)6-3-12)31-21(27)22-30-16(10-33(20)22)23(34)28-9-18(25)26/h2-8,10-11,18H,9H2,1H3,(H2,27,31)(H,28,34). The second-order valence-electron chi connectivity index (χ2n) is 7.68. The number of nitrogens with two attached hydrogens (primary N) is 1. The Morgan fingerprint density at radius 3 is 2.59 bits per heavy atom. The number of halogens is 3. The van der Waals surface area contributed by atoms with Crippen molar-refractivity contribution >= 4 is 28.4 Å². The van der Waals surface area contributed by atoms with Gasteiger partial charge in [0.25, 0.3) is 12.3 Å². The normalized spacial score (nSPS) is 11.6. The Hall–Kier alpha value is -4.41. The van der Waals surface area contributed by atoms with Crippen LogP contribution in [0.25, 0.3) is 39.2 Å². The van der Waals surface area contributed by atoms with Crippen LogP contribution >= 0.6 is 0 Å². The Bertz CT molecular complexity index is 1540. The lowest BCUT2D eigenvalue weighted by Gasteiger charge is -2.14. The van der Waals surface area contributed by atoms with E-state index in [1.54, 1.807) is 22.9 Å². The smallest absolute Gasteiger partial charge is 0.271 e. The highest BCUT2D eigenvalue weighted by Gasteiger charge is 2.21. The van der Waals surface area contributed by atoms with Crippen molar-refractivity contribution < 1.29 is 18.0 Å². The number of nitrogen functional groups attached to an aromatic ring is 1. The van der Waals surface area contributed by atoms with Crippen molar-refractivity contribution in [3.05, 3.63) is 66.5 Å². The first-order valence-corrected chi connectivity index (χ1v) is 10.2. The lowest BCUT2D eigenvalue weighted by molar-refractivity contribution is 0.0887. The van der Waals surface area contributed by atoms with Crippen LogP contribution in [-0.4, -0.2) is 42.8 Å². The van der Waals surface area contributed by atoms with Crippen molar-refractivity contribution in [2.75, 3.05) is 12.3 Å². The van der Waals surface area contributed by atoms with E-state index in [1.807, 2.05) is 29.8 Å². The van der Waals surface area contributed by atoms with Gasteiger partial charge in [0.15, 0.2) is 11.5 Å². The Morgan fingerprint density at radius 2 is 1.85 bits per heavy atom. The number of aromatic nitrogens is 5. The maximum absolute atomic E-state index is 13.6. The van der Waals surface area contributed by atoms with Crippen LogP contribution in [0.3, 0.4) is 0 Å². The Balaban J connectivity index is 1.77. The number of rotatable bonds is 5. The van der Waals surface area contributed by atoms with Crippen LogP contribution in [0.4, 0.5) is 19.0 Å². The monoisotopic (exact) mass is 465 g/mol. The average Bonchev–Trinajstić information content (AvgIpc) is 3.42. The summed E-state index contributed by atoms with van der Waals surface area (Å²) < 4.78 is 42.2. The molecule has 3 heterocycles. The number of fused-ring (bicyclic) bond motifs is 2. The molecule has 0 spiro atoms. The largest absolute Gasteiger partial charge is 0.381 e. The zero-order valence-electron chi connectivity index (χ0n) is 17.8. The molecule has 0 aliphatic rings. The molecule has 3 N–H and O–H groups in total. The number of carbonyl (C=O) groups is 1. The van der Waals surface area contributed by atoms with E-state index in [4.69, 9.17) is 5.73 Å². The maximum Gasteiger partial charge on any atom is 0.271 e. The summed E-state index contributed by atoms with van der Waals surface area (Å²) in [5, 5.41) is 2.14. The first-order valence-electron chi connectivity index (χ1n) is 10.2. The van der Waals surface area contributed by atoms with Gasteiger partial charge in [0, 0.05) is 24.4 Å². The average molecular weight is 465 g/mol. The second kappa shape index (κ2) is 8.18. The molecule has 0 unspecified atom stereocenters. The lowest BCUT2D eigenvalue weighted by Crippen LogP contribution is -2.28. The van der Waals surface area contributed by atoms with Crippen molar-refractivity contribution in [2.45, 2.75) is 6.43 Å². The molecule has 1 amide bonds. The predicted molar refractivity (Wildman–Crippen MR) is 121 cm³/mol. The molecule has 0 aliphatic carbocycles. The lowest BCUT2D eigenvalue weighted by atomic mass is 10.0. The Kier molecular flexibility index (Phi) is 5.16. The highest BCUT2D eigenvalue weighted by atomic mass is 19.3. The van der Waals surface area contributed by atoms with Gasteiger partial charge in [-0.15, -0.1) is 0 Å². The van der Waals surface area contributed by atoms with E-state index in [9.17, 15) is 18.0 Å². The third-order valence-electron chi connectivity index (χ3n) is 5.40. The highest BCUT2D eigenvalue weighted by Crippen LogP contribution is 2.35. The minimum absolute atomic E-state index is 0.0256. The summed E-state index contributed by atoms with van der Waals surface area (Å²) in [7, 11) is 1.86.